The maximum Gasteiger partial charge on any atom is 0.326 e. The number of nitriles is 1. The van der Waals surface area contributed by atoms with Crippen molar-refractivity contribution in [1.82, 2.24) is 4.57 Å². The van der Waals surface area contributed by atoms with Gasteiger partial charge in [-0.15, -0.1) is 0 Å². The molecule has 1 heterocycles. The molecule has 6 nitrogen and oxygen atoms in total. The van der Waals surface area contributed by atoms with Crippen LogP contribution in [0.25, 0.3) is 0 Å². The lowest BCUT2D eigenvalue weighted by Gasteiger charge is -2.10. The number of rotatable bonds is 6. The molecular weight excluding hydrogens is 296 g/mol. The van der Waals surface area contributed by atoms with Crippen molar-refractivity contribution in [2.45, 2.75) is 13.5 Å². The van der Waals surface area contributed by atoms with Crippen LogP contribution in [-0.2, 0) is 16.1 Å². The summed E-state index contributed by atoms with van der Waals surface area (Å²) in [5, 5.41) is 8.85. The maximum atomic E-state index is 12.0. The standard InChI is InChI=1S/C17H16N2O4/c1-13-7-8-14(11-18)17(21)19(13)12-16(20)23-10-9-22-15-5-3-2-4-6-15/h2-8H,9-10,12H2,1H3. The van der Waals surface area contributed by atoms with E-state index in [0.29, 0.717) is 11.4 Å². The molecule has 0 aliphatic heterocycles. The van der Waals surface area contributed by atoms with E-state index in [4.69, 9.17) is 14.7 Å². The van der Waals surface area contributed by atoms with Crippen LogP contribution in [0.3, 0.4) is 0 Å². The first kappa shape index (κ1) is 16.3. The first-order valence-corrected chi connectivity index (χ1v) is 7.06. The molecule has 0 unspecified atom stereocenters. The number of ether oxygens (including phenoxy) is 2. The summed E-state index contributed by atoms with van der Waals surface area (Å²) in [6, 6.07) is 14.0. The fourth-order valence-electron chi connectivity index (χ4n) is 1.96. The van der Waals surface area contributed by atoms with E-state index in [1.807, 2.05) is 18.2 Å². The lowest BCUT2D eigenvalue weighted by Crippen LogP contribution is -2.29. The predicted octanol–water partition coefficient (Wildman–Crippen LogP) is 1.65. The van der Waals surface area contributed by atoms with Crippen molar-refractivity contribution in [2.24, 2.45) is 0 Å². The molecule has 6 heteroatoms. The van der Waals surface area contributed by atoms with Crippen LogP contribution in [-0.4, -0.2) is 23.8 Å². The van der Waals surface area contributed by atoms with Crippen molar-refractivity contribution in [3.05, 3.63) is 64.1 Å². The van der Waals surface area contributed by atoms with E-state index in [9.17, 15) is 9.59 Å². The number of aromatic nitrogens is 1. The third kappa shape index (κ3) is 4.45. The molecule has 118 valence electrons. The Morgan fingerprint density at radius 1 is 1.17 bits per heavy atom. The van der Waals surface area contributed by atoms with E-state index in [1.165, 1.54) is 10.6 Å². The fourth-order valence-corrected chi connectivity index (χ4v) is 1.96. The summed E-state index contributed by atoms with van der Waals surface area (Å²) >= 11 is 0. The second-order valence-electron chi connectivity index (χ2n) is 4.77. The zero-order chi connectivity index (χ0) is 16.7. The monoisotopic (exact) mass is 312 g/mol. The van der Waals surface area contributed by atoms with E-state index in [-0.39, 0.29) is 25.3 Å². The smallest absolute Gasteiger partial charge is 0.326 e. The third-order valence-electron chi connectivity index (χ3n) is 3.16. The number of para-hydroxylation sites is 1. The number of benzene rings is 1. The number of nitrogens with zero attached hydrogens (tertiary/aromatic N) is 2. The zero-order valence-corrected chi connectivity index (χ0v) is 12.7. The Morgan fingerprint density at radius 2 is 1.91 bits per heavy atom. The van der Waals surface area contributed by atoms with Crippen LogP contribution in [0.4, 0.5) is 0 Å². The summed E-state index contributed by atoms with van der Waals surface area (Å²) in [4.78, 5) is 23.8. The molecule has 0 radical (unpaired) electrons. The highest BCUT2D eigenvalue weighted by molar-refractivity contribution is 5.69. The molecule has 23 heavy (non-hydrogen) atoms. The Balaban J connectivity index is 1.86. The number of hydrogen-bond donors (Lipinski definition) is 0. The van der Waals surface area contributed by atoms with Crippen molar-refractivity contribution >= 4 is 5.97 Å². The van der Waals surface area contributed by atoms with E-state index < -0.39 is 11.5 Å². The first-order chi connectivity index (χ1) is 11.1. The lowest BCUT2D eigenvalue weighted by molar-refractivity contribution is -0.145. The summed E-state index contributed by atoms with van der Waals surface area (Å²) in [5.41, 5.74) is 0.0901. The van der Waals surface area contributed by atoms with E-state index in [2.05, 4.69) is 0 Å². The first-order valence-electron chi connectivity index (χ1n) is 7.06. The molecule has 0 saturated heterocycles. The van der Waals surface area contributed by atoms with Gasteiger partial charge in [0.25, 0.3) is 5.56 Å². The largest absolute Gasteiger partial charge is 0.490 e. The van der Waals surface area contributed by atoms with Crippen LogP contribution in [0.1, 0.15) is 11.3 Å². The van der Waals surface area contributed by atoms with E-state index in [1.54, 1.807) is 31.2 Å². The average molecular weight is 312 g/mol. The Morgan fingerprint density at radius 3 is 2.61 bits per heavy atom. The highest BCUT2D eigenvalue weighted by Crippen LogP contribution is 2.07. The second kappa shape index (κ2) is 7.80. The highest BCUT2D eigenvalue weighted by Gasteiger charge is 2.11. The topological polar surface area (TPSA) is 81.3 Å². The number of aryl methyl sites for hydroxylation is 1. The summed E-state index contributed by atoms with van der Waals surface area (Å²) in [5.74, 6) is 0.138. The molecular formula is C17H16N2O4. The van der Waals surface area contributed by atoms with Gasteiger partial charge in [0.15, 0.2) is 0 Å². The minimum atomic E-state index is -0.554. The Kier molecular flexibility index (Phi) is 5.53. The molecule has 1 aromatic heterocycles. The third-order valence-corrected chi connectivity index (χ3v) is 3.16. The van der Waals surface area contributed by atoms with Gasteiger partial charge in [0.1, 0.15) is 37.1 Å². The van der Waals surface area contributed by atoms with E-state index >= 15 is 0 Å². The normalized spacial score (nSPS) is 9.91. The van der Waals surface area contributed by atoms with Crippen LogP contribution in [0, 0.1) is 18.3 Å². The fraction of sp³-hybridized carbons (Fsp3) is 0.235. The summed E-state index contributed by atoms with van der Waals surface area (Å²) in [7, 11) is 0. The molecule has 0 atom stereocenters. The van der Waals surface area contributed by atoms with Crippen LogP contribution >= 0.6 is 0 Å². The Labute approximate surface area is 133 Å². The van der Waals surface area contributed by atoms with Crippen molar-refractivity contribution in [3.63, 3.8) is 0 Å². The minimum Gasteiger partial charge on any atom is -0.490 e. The van der Waals surface area contributed by atoms with Crippen molar-refractivity contribution in [2.75, 3.05) is 13.2 Å². The van der Waals surface area contributed by atoms with Gasteiger partial charge in [-0.1, -0.05) is 18.2 Å². The van der Waals surface area contributed by atoms with Gasteiger partial charge in [-0.25, -0.2) is 0 Å². The van der Waals surface area contributed by atoms with Gasteiger partial charge in [0.2, 0.25) is 0 Å². The van der Waals surface area contributed by atoms with Crippen LogP contribution < -0.4 is 10.3 Å². The van der Waals surface area contributed by atoms with Gasteiger partial charge in [-0.2, -0.15) is 5.26 Å². The molecule has 0 aliphatic carbocycles. The maximum absolute atomic E-state index is 12.0. The molecule has 0 aliphatic rings. The molecule has 0 amide bonds. The number of hydrogen-bond acceptors (Lipinski definition) is 5. The van der Waals surface area contributed by atoms with Gasteiger partial charge in [-0.3, -0.25) is 9.59 Å². The quantitative estimate of drug-likeness (QED) is 0.598. The van der Waals surface area contributed by atoms with Gasteiger partial charge < -0.3 is 14.0 Å². The van der Waals surface area contributed by atoms with Crippen molar-refractivity contribution < 1.29 is 14.3 Å². The molecule has 2 aromatic rings. The Bertz CT molecular complexity index is 775. The predicted molar refractivity (Wildman–Crippen MR) is 83.1 cm³/mol. The summed E-state index contributed by atoms with van der Waals surface area (Å²) < 4.78 is 11.7. The SMILES string of the molecule is Cc1ccc(C#N)c(=O)n1CC(=O)OCCOc1ccccc1. The van der Waals surface area contributed by atoms with Crippen molar-refractivity contribution in [1.29, 1.82) is 5.26 Å². The molecule has 0 saturated carbocycles. The number of carbonyl (C=O) groups excluding carboxylic acids is 1. The Hall–Kier alpha value is -3.07. The summed E-state index contributed by atoms with van der Waals surface area (Å²) in [6.45, 7) is 1.77. The summed E-state index contributed by atoms with van der Waals surface area (Å²) in [6.07, 6.45) is 0. The highest BCUT2D eigenvalue weighted by atomic mass is 16.6. The number of esters is 1. The lowest BCUT2D eigenvalue weighted by atomic mass is 10.2. The van der Waals surface area contributed by atoms with Crippen LogP contribution in [0.5, 0.6) is 5.75 Å². The van der Waals surface area contributed by atoms with Crippen molar-refractivity contribution in [3.8, 4) is 11.8 Å². The molecule has 0 bridgehead atoms. The van der Waals surface area contributed by atoms with Gasteiger partial charge in [-0.05, 0) is 31.2 Å². The molecule has 0 fully saturated rings. The molecule has 2 rings (SSSR count). The molecule has 1 aromatic carbocycles. The molecule has 0 spiro atoms. The van der Waals surface area contributed by atoms with Gasteiger partial charge in [0, 0.05) is 5.69 Å². The number of carbonyl (C=O) groups is 1. The number of pyridine rings is 1. The molecule has 0 N–H and O–H groups in total. The van der Waals surface area contributed by atoms with Gasteiger partial charge >= 0.3 is 5.97 Å². The van der Waals surface area contributed by atoms with Gasteiger partial charge in [0.05, 0.1) is 0 Å². The average Bonchev–Trinajstić information content (AvgIpc) is 2.56. The van der Waals surface area contributed by atoms with Crippen LogP contribution in [0.2, 0.25) is 0 Å². The zero-order valence-electron chi connectivity index (χ0n) is 12.7. The minimum absolute atomic E-state index is 0.00388. The van der Waals surface area contributed by atoms with Crippen LogP contribution in [0.15, 0.2) is 47.3 Å². The van der Waals surface area contributed by atoms with E-state index in [0.717, 1.165) is 0 Å². The second-order valence-corrected chi connectivity index (χ2v) is 4.77.